The minimum Gasteiger partial charge on any atom is -0.478 e. The summed E-state index contributed by atoms with van der Waals surface area (Å²) in [5.41, 5.74) is 3.24. The van der Waals surface area contributed by atoms with E-state index < -0.39 is 5.97 Å². The summed E-state index contributed by atoms with van der Waals surface area (Å²) < 4.78 is 12.8. The Morgan fingerprint density at radius 2 is 1.78 bits per heavy atom. The second-order valence-corrected chi connectivity index (χ2v) is 12.1. The molecular formula is C30H35N3O4. The number of ether oxygens (including phenoxy) is 1. The largest absolute Gasteiger partial charge is 0.478 e. The highest BCUT2D eigenvalue weighted by Crippen LogP contribution is 2.57. The number of oxazole rings is 1. The van der Waals surface area contributed by atoms with Gasteiger partial charge in [-0.25, -0.2) is 14.8 Å². The Morgan fingerprint density at radius 3 is 2.49 bits per heavy atom. The number of aromatic nitrogens is 3. The van der Waals surface area contributed by atoms with E-state index in [1.165, 1.54) is 57.8 Å². The van der Waals surface area contributed by atoms with Gasteiger partial charge < -0.3 is 19.2 Å². The molecule has 5 aliphatic rings. The fourth-order valence-corrected chi connectivity index (χ4v) is 8.04. The Labute approximate surface area is 217 Å². The third kappa shape index (κ3) is 4.41. The average molecular weight is 502 g/mol. The molecule has 0 saturated heterocycles. The maximum Gasteiger partial charge on any atom is 0.335 e. The van der Waals surface area contributed by atoms with E-state index >= 15 is 0 Å². The van der Waals surface area contributed by atoms with E-state index in [9.17, 15) is 9.90 Å². The van der Waals surface area contributed by atoms with Crippen LogP contribution in [0.15, 0.2) is 34.9 Å². The standard InChI is InChI=1S/C30H35N3O4/c34-29(35)23-8-4-7-22(12-23)24-16-36-28(32-24)26-25(31-27(33-26)21-5-2-1-3-6-21)17-37-30-13-18-9-19(14-30)11-20(10-18)15-30/h4,7-8,12,16,18-21H,1-3,5-6,9-11,13-15,17H2,(H,31,33)(H,34,35). The molecule has 4 bridgehead atoms. The molecule has 1 aromatic carbocycles. The van der Waals surface area contributed by atoms with Crippen LogP contribution in [0.25, 0.3) is 22.8 Å². The number of hydrogen-bond donors (Lipinski definition) is 2. The molecule has 0 amide bonds. The minimum absolute atomic E-state index is 0.0150. The Kier molecular flexibility index (Phi) is 5.72. The molecule has 0 unspecified atom stereocenters. The van der Waals surface area contributed by atoms with Crippen molar-refractivity contribution >= 4 is 5.97 Å². The van der Waals surface area contributed by atoms with Crippen molar-refractivity contribution in [3.05, 3.63) is 47.6 Å². The third-order valence-corrected chi connectivity index (χ3v) is 9.41. The van der Waals surface area contributed by atoms with E-state index in [2.05, 4.69) is 4.98 Å². The predicted octanol–water partition coefficient (Wildman–Crippen LogP) is 6.96. The molecule has 2 aromatic heterocycles. The van der Waals surface area contributed by atoms with Crippen molar-refractivity contribution in [1.82, 2.24) is 15.0 Å². The SMILES string of the molecule is O=C(O)c1cccc(-c2coc(-c3nc(C4CCCCC4)[nH]c3COC34CC5CC(CC(C5)C3)C4)n2)c1. The van der Waals surface area contributed by atoms with Crippen molar-refractivity contribution < 1.29 is 19.1 Å². The molecule has 8 rings (SSSR count). The van der Waals surface area contributed by atoms with Gasteiger partial charge in [0.1, 0.15) is 23.5 Å². The normalized spacial score (nSPS) is 29.1. The molecule has 7 nitrogen and oxygen atoms in total. The van der Waals surface area contributed by atoms with Gasteiger partial charge in [0.15, 0.2) is 0 Å². The molecule has 194 valence electrons. The topological polar surface area (TPSA) is 101 Å². The first kappa shape index (κ1) is 23.2. The molecule has 0 spiro atoms. The smallest absolute Gasteiger partial charge is 0.335 e. The molecule has 5 saturated carbocycles. The number of nitrogens with one attached hydrogen (secondary N) is 1. The lowest BCUT2D eigenvalue weighted by atomic mass is 9.54. The van der Waals surface area contributed by atoms with E-state index in [1.807, 2.05) is 6.07 Å². The molecule has 2 N–H and O–H groups in total. The summed E-state index contributed by atoms with van der Waals surface area (Å²) in [6, 6.07) is 6.78. The van der Waals surface area contributed by atoms with Crippen LogP contribution in [0, 0.1) is 17.8 Å². The lowest BCUT2D eigenvalue weighted by Gasteiger charge is -2.56. The fourth-order valence-electron chi connectivity index (χ4n) is 8.04. The van der Waals surface area contributed by atoms with Gasteiger partial charge in [0.25, 0.3) is 0 Å². The molecule has 5 aliphatic carbocycles. The van der Waals surface area contributed by atoms with Gasteiger partial charge in [-0.1, -0.05) is 31.4 Å². The molecular weight excluding hydrogens is 466 g/mol. The Balaban J connectivity index is 1.18. The molecule has 0 radical (unpaired) electrons. The van der Waals surface area contributed by atoms with Crippen LogP contribution in [0.2, 0.25) is 0 Å². The van der Waals surface area contributed by atoms with Crippen LogP contribution >= 0.6 is 0 Å². The van der Waals surface area contributed by atoms with Gasteiger partial charge >= 0.3 is 5.97 Å². The zero-order valence-corrected chi connectivity index (χ0v) is 21.2. The highest BCUT2D eigenvalue weighted by Gasteiger charge is 2.51. The summed E-state index contributed by atoms with van der Waals surface area (Å²) in [5.74, 6) is 3.45. The van der Waals surface area contributed by atoms with Crippen LogP contribution in [0.5, 0.6) is 0 Å². The van der Waals surface area contributed by atoms with Crippen LogP contribution in [-0.4, -0.2) is 31.6 Å². The number of aromatic amines is 1. The number of aromatic carboxylic acids is 1. The van der Waals surface area contributed by atoms with Gasteiger partial charge in [-0.15, -0.1) is 0 Å². The molecule has 5 fully saturated rings. The summed E-state index contributed by atoms with van der Waals surface area (Å²) in [7, 11) is 0. The molecule has 3 aromatic rings. The minimum atomic E-state index is -0.959. The molecule has 0 atom stereocenters. The number of hydrogen-bond acceptors (Lipinski definition) is 5. The number of rotatable bonds is 7. The highest BCUT2D eigenvalue weighted by molar-refractivity contribution is 5.89. The van der Waals surface area contributed by atoms with Crippen LogP contribution < -0.4 is 0 Å². The van der Waals surface area contributed by atoms with Crippen molar-refractivity contribution in [2.75, 3.05) is 0 Å². The van der Waals surface area contributed by atoms with E-state index in [-0.39, 0.29) is 11.2 Å². The predicted molar refractivity (Wildman–Crippen MR) is 138 cm³/mol. The zero-order chi connectivity index (χ0) is 25.0. The number of H-pyrrole nitrogens is 1. The first-order valence-electron chi connectivity index (χ1n) is 14.1. The maximum absolute atomic E-state index is 11.4. The number of carboxylic acid groups (broad SMARTS) is 1. The molecule has 0 aliphatic heterocycles. The second kappa shape index (κ2) is 9.12. The van der Waals surface area contributed by atoms with Gasteiger partial charge in [0, 0.05) is 11.5 Å². The Morgan fingerprint density at radius 1 is 1.05 bits per heavy atom. The number of benzene rings is 1. The number of carbonyl (C=O) groups is 1. The summed E-state index contributed by atoms with van der Waals surface area (Å²) in [4.78, 5) is 24.9. The number of carboxylic acids is 1. The average Bonchev–Trinajstić information content (AvgIpc) is 3.55. The van der Waals surface area contributed by atoms with Crippen LogP contribution in [0.3, 0.4) is 0 Å². The van der Waals surface area contributed by atoms with Crippen LogP contribution in [0.1, 0.15) is 98.4 Å². The van der Waals surface area contributed by atoms with Crippen molar-refractivity contribution in [2.24, 2.45) is 17.8 Å². The van der Waals surface area contributed by atoms with E-state index in [0.717, 1.165) is 47.8 Å². The van der Waals surface area contributed by atoms with Gasteiger partial charge in [-0.3, -0.25) is 0 Å². The molecule has 7 heteroatoms. The fraction of sp³-hybridized carbons (Fsp3) is 0.567. The van der Waals surface area contributed by atoms with Crippen molar-refractivity contribution in [1.29, 1.82) is 0 Å². The van der Waals surface area contributed by atoms with E-state index in [1.54, 1.807) is 24.5 Å². The Hall–Kier alpha value is -2.93. The molecule has 37 heavy (non-hydrogen) atoms. The van der Waals surface area contributed by atoms with E-state index in [0.29, 0.717) is 29.7 Å². The Bertz CT molecular complexity index is 1270. The van der Waals surface area contributed by atoms with E-state index in [4.69, 9.17) is 19.1 Å². The van der Waals surface area contributed by atoms with Crippen molar-refractivity contribution in [2.45, 2.75) is 88.8 Å². The van der Waals surface area contributed by atoms with Gasteiger partial charge in [0.2, 0.25) is 5.89 Å². The zero-order valence-electron chi connectivity index (χ0n) is 21.2. The van der Waals surface area contributed by atoms with Crippen LogP contribution in [0.4, 0.5) is 0 Å². The first-order valence-corrected chi connectivity index (χ1v) is 14.1. The van der Waals surface area contributed by atoms with Crippen molar-refractivity contribution in [3.8, 4) is 22.8 Å². The summed E-state index contributed by atoms with van der Waals surface area (Å²) in [6.07, 6.45) is 15.4. The van der Waals surface area contributed by atoms with Gasteiger partial charge in [-0.2, -0.15) is 0 Å². The maximum atomic E-state index is 11.4. The second-order valence-electron chi connectivity index (χ2n) is 12.1. The molecule has 2 heterocycles. The van der Waals surface area contributed by atoms with Gasteiger partial charge in [-0.05, 0) is 81.3 Å². The number of nitrogens with zero attached hydrogens (tertiary/aromatic N) is 2. The quantitative estimate of drug-likeness (QED) is 0.363. The third-order valence-electron chi connectivity index (χ3n) is 9.41. The van der Waals surface area contributed by atoms with Crippen LogP contribution in [-0.2, 0) is 11.3 Å². The lowest BCUT2D eigenvalue weighted by molar-refractivity contribution is -0.169. The number of imidazole rings is 1. The lowest BCUT2D eigenvalue weighted by Crippen LogP contribution is -2.51. The summed E-state index contributed by atoms with van der Waals surface area (Å²) in [6.45, 7) is 0.493. The monoisotopic (exact) mass is 501 g/mol. The van der Waals surface area contributed by atoms with Crippen molar-refractivity contribution in [3.63, 3.8) is 0 Å². The highest BCUT2D eigenvalue weighted by atomic mass is 16.5. The summed E-state index contributed by atoms with van der Waals surface area (Å²) in [5, 5.41) is 9.38. The van der Waals surface area contributed by atoms with Gasteiger partial charge in [0.05, 0.1) is 23.5 Å². The summed E-state index contributed by atoms with van der Waals surface area (Å²) >= 11 is 0. The first-order chi connectivity index (χ1) is 18.0.